The van der Waals surface area contributed by atoms with Gasteiger partial charge in [-0.1, -0.05) is 59.8 Å². The number of hydrogen-bond donors (Lipinski definition) is 4. The first-order chi connectivity index (χ1) is 23.3. The van der Waals surface area contributed by atoms with Crippen LogP contribution in [0.4, 0.5) is 0 Å². The summed E-state index contributed by atoms with van der Waals surface area (Å²) < 4.78 is 20.4. The third kappa shape index (κ3) is 9.98. The van der Waals surface area contributed by atoms with E-state index in [2.05, 4.69) is 33.0 Å². The smallest absolute Gasteiger partial charge is 0.0637 e. The molecule has 4 aliphatic rings. The lowest BCUT2D eigenvalue weighted by molar-refractivity contribution is -0.227. The molecule has 0 spiro atoms. The van der Waals surface area contributed by atoms with E-state index in [0.29, 0.717) is 78.9 Å². The van der Waals surface area contributed by atoms with Crippen LogP contribution < -0.4 is 22.5 Å². The minimum absolute atomic E-state index is 0.183. The lowest BCUT2D eigenvalue weighted by Crippen LogP contribution is -2.63. The zero-order valence-corrected chi connectivity index (χ0v) is 32.0. The van der Waals surface area contributed by atoms with Crippen molar-refractivity contribution in [3.63, 3.8) is 0 Å². The van der Waals surface area contributed by atoms with Crippen molar-refractivity contribution in [1.29, 1.82) is 0 Å². The highest BCUT2D eigenvalue weighted by atomic mass is 16.5. The SMILES string of the molecule is CCCCCCCCNCCCC(C)C1CCC2C3[C@H](OCCCN)CC4C[C@H](OCCCN)CC[C@]4(C)[C@H]3C[C@H](OCCCN)[C@]12C. The predicted molar refractivity (Wildman–Crippen MR) is 201 cm³/mol. The fourth-order valence-corrected chi connectivity index (χ4v) is 11.5. The molecule has 4 fully saturated rings. The van der Waals surface area contributed by atoms with Crippen molar-refractivity contribution in [2.24, 2.45) is 63.5 Å². The summed E-state index contributed by atoms with van der Waals surface area (Å²) in [4.78, 5) is 0. The average Bonchev–Trinajstić information content (AvgIpc) is 3.44. The molecule has 0 saturated heterocycles. The van der Waals surface area contributed by atoms with E-state index >= 15 is 0 Å². The lowest BCUT2D eigenvalue weighted by atomic mass is 9.43. The Labute approximate surface area is 296 Å². The second kappa shape index (κ2) is 20.7. The summed E-state index contributed by atoms with van der Waals surface area (Å²) >= 11 is 0. The maximum atomic E-state index is 7.03. The normalized spacial score (nSPS) is 36.8. The molecule has 0 aromatic heterocycles. The van der Waals surface area contributed by atoms with E-state index in [1.54, 1.807) is 0 Å². The Morgan fingerprint density at radius 2 is 1.38 bits per heavy atom. The van der Waals surface area contributed by atoms with Crippen LogP contribution in [0.5, 0.6) is 0 Å². The fourth-order valence-electron chi connectivity index (χ4n) is 11.5. The number of unbranched alkanes of at least 4 members (excludes halogenated alkanes) is 5. The van der Waals surface area contributed by atoms with Crippen LogP contribution in [0.1, 0.15) is 143 Å². The molecule has 7 heteroatoms. The molecule has 0 aromatic carbocycles. The Bertz CT molecular complexity index is 879. The fraction of sp³-hybridized carbons (Fsp3) is 1.00. The molecule has 0 aliphatic heterocycles. The molecule has 4 rings (SSSR count). The van der Waals surface area contributed by atoms with Crippen LogP contribution in [0.15, 0.2) is 0 Å². The molecule has 282 valence electrons. The number of fused-ring (bicyclic) bond motifs is 5. The summed E-state index contributed by atoms with van der Waals surface area (Å²) in [6, 6.07) is 0. The highest BCUT2D eigenvalue weighted by Gasteiger charge is 2.66. The van der Waals surface area contributed by atoms with Gasteiger partial charge in [0, 0.05) is 25.2 Å². The number of hydrogen-bond acceptors (Lipinski definition) is 7. The van der Waals surface area contributed by atoms with Crippen molar-refractivity contribution >= 4 is 0 Å². The zero-order valence-electron chi connectivity index (χ0n) is 32.0. The molecule has 0 radical (unpaired) electrons. The lowest BCUT2D eigenvalue weighted by Gasteiger charge is -2.65. The van der Waals surface area contributed by atoms with E-state index in [0.717, 1.165) is 52.0 Å². The third-order valence-electron chi connectivity index (χ3n) is 14.2. The molecule has 0 heterocycles. The molecule has 4 saturated carbocycles. The van der Waals surface area contributed by atoms with Crippen molar-refractivity contribution in [3.05, 3.63) is 0 Å². The van der Waals surface area contributed by atoms with Gasteiger partial charge in [0.25, 0.3) is 0 Å². The standard InChI is InChI=1S/C41H80N4O3/c1-5-6-7-8-9-10-23-45-24-11-15-31(2)34-16-17-35-39-36(30-38(41(34,35)4)48-27-14-22-44)40(3)19-18-33(46-25-12-20-42)28-32(40)29-37(39)47-26-13-21-43/h31-39,45H,5-30,42-44H2,1-4H3/t31?,32?,33-,34?,35?,36+,37-,38+,39?,40+,41-/m1/s1. The molecule has 7 N–H and O–H groups in total. The molecule has 0 bridgehead atoms. The quantitative estimate of drug-likeness (QED) is 0.0786. The van der Waals surface area contributed by atoms with Gasteiger partial charge in [0.1, 0.15) is 0 Å². The number of nitrogens with one attached hydrogen (secondary N) is 1. The van der Waals surface area contributed by atoms with Gasteiger partial charge in [0.05, 0.1) is 18.3 Å². The summed E-state index contributed by atoms with van der Waals surface area (Å²) in [6.07, 6.45) is 23.2. The monoisotopic (exact) mass is 677 g/mol. The van der Waals surface area contributed by atoms with Gasteiger partial charge in [0.2, 0.25) is 0 Å². The van der Waals surface area contributed by atoms with Gasteiger partial charge in [-0.3, -0.25) is 0 Å². The highest BCUT2D eigenvalue weighted by molar-refractivity contribution is 5.15. The van der Waals surface area contributed by atoms with Gasteiger partial charge < -0.3 is 36.7 Å². The van der Waals surface area contributed by atoms with Crippen molar-refractivity contribution < 1.29 is 14.2 Å². The van der Waals surface area contributed by atoms with Crippen molar-refractivity contribution in [2.75, 3.05) is 52.5 Å². The van der Waals surface area contributed by atoms with Crippen LogP contribution >= 0.6 is 0 Å². The summed E-state index contributed by atoms with van der Waals surface area (Å²) in [6.45, 7) is 17.0. The highest BCUT2D eigenvalue weighted by Crippen LogP contribution is 2.69. The average molecular weight is 677 g/mol. The van der Waals surface area contributed by atoms with Crippen molar-refractivity contribution in [1.82, 2.24) is 5.32 Å². The van der Waals surface area contributed by atoms with E-state index in [-0.39, 0.29) is 5.41 Å². The summed E-state index contributed by atoms with van der Waals surface area (Å²) in [7, 11) is 0. The second-order valence-electron chi connectivity index (χ2n) is 17.1. The molecule has 0 amide bonds. The van der Waals surface area contributed by atoms with E-state index < -0.39 is 0 Å². The van der Waals surface area contributed by atoms with Crippen molar-refractivity contribution in [2.45, 2.75) is 162 Å². The third-order valence-corrected chi connectivity index (χ3v) is 14.2. The first-order valence-electron chi connectivity index (χ1n) is 21.0. The van der Waals surface area contributed by atoms with E-state index in [1.807, 2.05) is 0 Å². The summed E-state index contributed by atoms with van der Waals surface area (Å²) in [5.41, 5.74) is 18.3. The van der Waals surface area contributed by atoms with E-state index in [4.69, 9.17) is 31.4 Å². The van der Waals surface area contributed by atoms with Gasteiger partial charge in [0.15, 0.2) is 0 Å². The van der Waals surface area contributed by atoms with Gasteiger partial charge >= 0.3 is 0 Å². The minimum Gasteiger partial charge on any atom is -0.378 e. The Hall–Kier alpha value is -0.280. The summed E-state index contributed by atoms with van der Waals surface area (Å²) in [5, 5.41) is 3.77. The van der Waals surface area contributed by atoms with Crippen LogP contribution in [-0.4, -0.2) is 70.9 Å². The van der Waals surface area contributed by atoms with Gasteiger partial charge in [-0.25, -0.2) is 0 Å². The van der Waals surface area contributed by atoms with Crippen molar-refractivity contribution in [3.8, 4) is 0 Å². The molecule has 0 aromatic rings. The zero-order chi connectivity index (χ0) is 34.4. The maximum absolute atomic E-state index is 7.03. The molecule has 4 aliphatic carbocycles. The topological polar surface area (TPSA) is 118 Å². The molecular weight excluding hydrogens is 596 g/mol. The number of nitrogens with two attached hydrogens (primary N) is 3. The van der Waals surface area contributed by atoms with Crippen LogP contribution in [0.3, 0.4) is 0 Å². The van der Waals surface area contributed by atoms with Gasteiger partial charge in [-0.05, 0) is 157 Å². The molecular formula is C41H80N4O3. The van der Waals surface area contributed by atoms with Gasteiger partial charge in [-0.2, -0.15) is 0 Å². The second-order valence-corrected chi connectivity index (χ2v) is 17.1. The van der Waals surface area contributed by atoms with E-state index in [9.17, 15) is 0 Å². The van der Waals surface area contributed by atoms with Crippen LogP contribution in [0.25, 0.3) is 0 Å². The molecule has 7 nitrogen and oxygen atoms in total. The number of ether oxygens (including phenoxy) is 3. The van der Waals surface area contributed by atoms with Crippen LogP contribution in [0.2, 0.25) is 0 Å². The first-order valence-corrected chi connectivity index (χ1v) is 21.0. The Morgan fingerprint density at radius 3 is 2.10 bits per heavy atom. The van der Waals surface area contributed by atoms with E-state index in [1.165, 1.54) is 96.4 Å². The largest absolute Gasteiger partial charge is 0.378 e. The first kappa shape index (κ1) is 40.5. The summed E-state index contributed by atoms with van der Waals surface area (Å²) in [5.74, 6) is 3.92. The van der Waals surface area contributed by atoms with Gasteiger partial charge in [-0.15, -0.1) is 0 Å². The van der Waals surface area contributed by atoms with Crippen LogP contribution in [0, 0.1) is 46.3 Å². The minimum atomic E-state index is 0.183. The maximum Gasteiger partial charge on any atom is 0.0637 e. The molecule has 48 heavy (non-hydrogen) atoms. The molecule has 5 unspecified atom stereocenters. The Balaban J connectivity index is 1.46. The number of rotatable bonds is 24. The molecule has 11 atom stereocenters. The predicted octanol–water partition coefficient (Wildman–Crippen LogP) is 7.43. The Kier molecular flexibility index (Phi) is 17.4. The Morgan fingerprint density at radius 1 is 0.708 bits per heavy atom. The van der Waals surface area contributed by atoms with Crippen LogP contribution in [-0.2, 0) is 14.2 Å².